The van der Waals surface area contributed by atoms with Crippen molar-refractivity contribution >= 4 is 32.4 Å². The molecule has 5 rings (SSSR count). The maximum Gasteiger partial charge on any atom is 0.243 e. The van der Waals surface area contributed by atoms with Gasteiger partial charge in [-0.1, -0.05) is 30.3 Å². The monoisotopic (exact) mass is 479 g/mol. The molecule has 3 aromatic rings. The summed E-state index contributed by atoms with van der Waals surface area (Å²) in [7, 11) is -2.12. The van der Waals surface area contributed by atoms with E-state index in [0.717, 1.165) is 22.2 Å². The van der Waals surface area contributed by atoms with Crippen LogP contribution in [0.3, 0.4) is 0 Å². The second-order valence-electron chi connectivity index (χ2n) is 8.79. The number of sulfonamides is 1. The Kier molecular flexibility index (Phi) is 6.18. The van der Waals surface area contributed by atoms with Gasteiger partial charge in [0.15, 0.2) is 0 Å². The van der Waals surface area contributed by atoms with Crippen LogP contribution in [0.15, 0.2) is 71.6 Å². The van der Waals surface area contributed by atoms with Gasteiger partial charge in [0.25, 0.3) is 0 Å². The lowest BCUT2D eigenvalue weighted by Gasteiger charge is -2.38. The predicted molar refractivity (Wildman–Crippen MR) is 133 cm³/mol. The molecular weight excluding hydrogens is 450 g/mol. The second-order valence-corrected chi connectivity index (χ2v) is 10.7. The molecule has 0 bridgehead atoms. The highest BCUT2D eigenvalue weighted by Crippen LogP contribution is 2.30. The third kappa shape index (κ3) is 4.23. The Morgan fingerprint density at radius 3 is 2.29 bits per heavy atom. The molecule has 0 aromatic heterocycles. The van der Waals surface area contributed by atoms with Gasteiger partial charge < -0.3 is 14.5 Å². The molecule has 0 aliphatic carbocycles. The highest BCUT2D eigenvalue weighted by molar-refractivity contribution is 7.89. The minimum absolute atomic E-state index is 0.0868. The van der Waals surface area contributed by atoms with Crippen LogP contribution in [-0.4, -0.2) is 69.4 Å². The largest absolute Gasteiger partial charge is 0.497 e. The molecule has 2 heterocycles. The van der Waals surface area contributed by atoms with E-state index in [-0.39, 0.29) is 10.8 Å². The maximum atomic E-state index is 13.5. The molecule has 0 radical (unpaired) electrons. The number of carbonyl (C=O) groups excluding carboxylic acids is 1. The van der Waals surface area contributed by atoms with Crippen molar-refractivity contribution in [3.63, 3.8) is 0 Å². The van der Waals surface area contributed by atoms with Gasteiger partial charge in [0.1, 0.15) is 11.8 Å². The van der Waals surface area contributed by atoms with Crippen LogP contribution in [0.2, 0.25) is 0 Å². The van der Waals surface area contributed by atoms with E-state index >= 15 is 0 Å². The number of benzene rings is 3. The van der Waals surface area contributed by atoms with Gasteiger partial charge in [-0.2, -0.15) is 4.31 Å². The zero-order chi connectivity index (χ0) is 23.7. The van der Waals surface area contributed by atoms with Gasteiger partial charge in [-0.15, -0.1) is 0 Å². The Morgan fingerprint density at radius 1 is 0.882 bits per heavy atom. The molecule has 1 unspecified atom stereocenters. The van der Waals surface area contributed by atoms with Crippen LogP contribution in [0.5, 0.6) is 5.75 Å². The number of hydrogen-bond donors (Lipinski definition) is 0. The summed E-state index contributed by atoms with van der Waals surface area (Å²) in [5, 5.41) is 1.87. The van der Waals surface area contributed by atoms with Crippen molar-refractivity contribution in [2.75, 3.05) is 44.7 Å². The molecule has 8 heteroatoms. The van der Waals surface area contributed by atoms with Crippen LogP contribution in [0, 0.1) is 0 Å². The van der Waals surface area contributed by atoms with E-state index in [0.29, 0.717) is 45.6 Å². The van der Waals surface area contributed by atoms with E-state index in [2.05, 4.69) is 4.90 Å². The average Bonchev–Trinajstić information content (AvgIpc) is 3.39. The smallest absolute Gasteiger partial charge is 0.243 e. The molecule has 0 N–H and O–H groups in total. The second kappa shape index (κ2) is 9.27. The first-order valence-electron chi connectivity index (χ1n) is 11.7. The van der Waals surface area contributed by atoms with E-state index in [4.69, 9.17) is 4.74 Å². The normalized spacial score (nSPS) is 19.5. The summed E-state index contributed by atoms with van der Waals surface area (Å²) in [6.45, 7) is 2.94. The summed E-state index contributed by atoms with van der Waals surface area (Å²) in [4.78, 5) is 17.7. The molecule has 2 aliphatic rings. The van der Waals surface area contributed by atoms with Crippen molar-refractivity contribution in [1.29, 1.82) is 0 Å². The van der Waals surface area contributed by atoms with Gasteiger partial charge in [0, 0.05) is 38.4 Å². The molecule has 7 nitrogen and oxygen atoms in total. The first-order valence-corrected chi connectivity index (χ1v) is 13.1. The lowest BCUT2D eigenvalue weighted by atomic mass is 10.1. The summed E-state index contributed by atoms with van der Waals surface area (Å²) in [6.07, 6.45) is 1.25. The lowest BCUT2D eigenvalue weighted by molar-refractivity contribution is -0.134. The number of carbonyl (C=O) groups is 1. The molecule has 0 spiro atoms. The molecule has 2 aliphatic heterocycles. The van der Waals surface area contributed by atoms with Gasteiger partial charge in [-0.25, -0.2) is 8.42 Å². The first-order chi connectivity index (χ1) is 16.5. The number of nitrogens with zero attached hydrogens (tertiary/aromatic N) is 3. The van der Waals surface area contributed by atoms with Crippen LogP contribution in [-0.2, 0) is 14.8 Å². The van der Waals surface area contributed by atoms with Gasteiger partial charge in [0.2, 0.25) is 15.9 Å². The van der Waals surface area contributed by atoms with Gasteiger partial charge in [-0.05, 0) is 60.0 Å². The van der Waals surface area contributed by atoms with Gasteiger partial charge in [0.05, 0.1) is 12.0 Å². The van der Waals surface area contributed by atoms with Crippen LogP contribution in [0.1, 0.15) is 12.8 Å². The Morgan fingerprint density at radius 2 is 1.59 bits per heavy atom. The van der Waals surface area contributed by atoms with Gasteiger partial charge in [-0.3, -0.25) is 4.79 Å². The van der Waals surface area contributed by atoms with Crippen molar-refractivity contribution in [3.8, 4) is 5.75 Å². The van der Waals surface area contributed by atoms with E-state index < -0.39 is 16.1 Å². The average molecular weight is 480 g/mol. The number of piperazine rings is 1. The summed E-state index contributed by atoms with van der Waals surface area (Å²) in [5.74, 6) is 0.725. The number of ether oxygens (including phenoxy) is 1. The first kappa shape index (κ1) is 22.7. The SMILES string of the molecule is COc1ccc(N2CCN(C(=O)C3CCCN3S(=O)(=O)c3ccc4ccccc4c3)CC2)cc1. The molecule has 0 saturated carbocycles. The molecule has 178 valence electrons. The number of rotatable bonds is 5. The minimum Gasteiger partial charge on any atom is -0.497 e. The third-order valence-corrected chi connectivity index (χ3v) is 8.75. The molecule has 2 saturated heterocycles. The molecule has 3 aromatic carbocycles. The van der Waals surface area contributed by atoms with Crippen molar-refractivity contribution < 1.29 is 17.9 Å². The topological polar surface area (TPSA) is 70.2 Å². The Balaban J connectivity index is 1.29. The van der Waals surface area contributed by atoms with Crippen LogP contribution >= 0.6 is 0 Å². The standard InChI is InChI=1S/C26H29N3O4S/c1-33-23-11-9-22(10-12-23)27-15-17-28(18-16-27)26(30)25-7-4-14-29(25)34(31,32)24-13-8-20-5-2-3-6-21(20)19-24/h2-3,5-6,8-13,19,25H,4,7,14-18H2,1H3. The Labute approximate surface area is 200 Å². The molecule has 1 amide bonds. The summed E-state index contributed by atoms with van der Waals surface area (Å²) >= 11 is 0. The van der Waals surface area contributed by atoms with Crippen molar-refractivity contribution in [1.82, 2.24) is 9.21 Å². The van der Waals surface area contributed by atoms with Crippen LogP contribution in [0.4, 0.5) is 5.69 Å². The van der Waals surface area contributed by atoms with Crippen molar-refractivity contribution in [2.24, 2.45) is 0 Å². The summed E-state index contributed by atoms with van der Waals surface area (Å²) in [5.41, 5.74) is 1.09. The fraction of sp³-hybridized carbons (Fsp3) is 0.346. The van der Waals surface area contributed by atoms with Crippen LogP contribution < -0.4 is 9.64 Å². The van der Waals surface area contributed by atoms with Crippen molar-refractivity contribution in [2.45, 2.75) is 23.8 Å². The highest BCUT2D eigenvalue weighted by atomic mass is 32.2. The number of methoxy groups -OCH3 is 1. The lowest BCUT2D eigenvalue weighted by Crippen LogP contribution is -2.54. The van der Waals surface area contributed by atoms with E-state index in [1.807, 2.05) is 59.5 Å². The molecule has 34 heavy (non-hydrogen) atoms. The number of anilines is 1. The van der Waals surface area contributed by atoms with Crippen LogP contribution in [0.25, 0.3) is 10.8 Å². The number of hydrogen-bond acceptors (Lipinski definition) is 5. The maximum absolute atomic E-state index is 13.5. The van der Waals surface area contributed by atoms with E-state index in [9.17, 15) is 13.2 Å². The van der Waals surface area contributed by atoms with Crippen molar-refractivity contribution in [3.05, 3.63) is 66.7 Å². The van der Waals surface area contributed by atoms with E-state index in [1.54, 1.807) is 19.2 Å². The molecule has 1 atom stereocenters. The predicted octanol–water partition coefficient (Wildman–Crippen LogP) is 3.35. The van der Waals surface area contributed by atoms with E-state index in [1.165, 1.54) is 4.31 Å². The zero-order valence-electron chi connectivity index (χ0n) is 19.3. The fourth-order valence-corrected chi connectivity index (χ4v) is 6.61. The fourth-order valence-electron chi connectivity index (χ4n) is 4.93. The summed E-state index contributed by atoms with van der Waals surface area (Å²) < 4.78 is 33.6. The quantitative estimate of drug-likeness (QED) is 0.561. The number of amides is 1. The third-order valence-electron chi connectivity index (χ3n) is 6.85. The Hall–Kier alpha value is -3.10. The molecule has 2 fully saturated rings. The van der Waals surface area contributed by atoms with Gasteiger partial charge >= 0.3 is 0 Å². The summed E-state index contributed by atoms with van der Waals surface area (Å²) in [6, 6.07) is 20.1. The molecular formula is C26H29N3O4S. The Bertz CT molecular complexity index is 1280. The highest BCUT2D eigenvalue weighted by Gasteiger charge is 2.41. The zero-order valence-corrected chi connectivity index (χ0v) is 20.1. The minimum atomic E-state index is -3.76. The number of fused-ring (bicyclic) bond motifs is 1.